The molecule has 0 atom stereocenters. The van der Waals surface area contributed by atoms with Crippen LogP contribution in [0.2, 0.25) is 0 Å². The van der Waals surface area contributed by atoms with Crippen molar-refractivity contribution < 1.29 is 9.18 Å². The van der Waals surface area contributed by atoms with E-state index in [1.807, 2.05) is 0 Å². The van der Waals surface area contributed by atoms with E-state index < -0.39 is 11.7 Å². The number of carbonyl (C=O) groups excluding carboxylic acids is 1. The molecule has 0 saturated carbocycles. The quantitative estimate of drug-likeness (QED) is 0.885. The lowest BCUT2D eigenvalue weighted by molar-refractivity contribution is 0.0952. The van der Waals surface area contributed by atoms with Crippen LogP contribution in [-0.2, 0) is 0 Å². The van der Waals surface area contributed by atoms with E-state index in [-0.39, 0.29) is 11.1 Å². The summed E-state index contributed by atoms with van der Waals surface area (Å²) in [5, 5.41) is 2.53. The summed E-state index contributed by atoms with van der Waals surface area (Å²) in [6.45, 7) is 2.19. The summed E-state index contributed by atoms with van der Waals surface area (Å²) in [5.74, 6) is -1.11. The van der Waals surface area contributed by atoms with E-state index in [1.54, 1.807) is 25.1 Å². The molecule has 0 aliphatic rings. The van der Waals surface area contributed by atoms with E-state index in [2.05, 4.69) is 10.3 Å². The van der Waals surface area contributed by atoms with E-state index in [4.69, 9.17) is 0 Å². The summed E-state index contributed by atoms with van der Waals surface area (Å²) in [6, 6.07) is 7.38. The normalized spacial score (nSPS) is 10.2. The van der Waals surface area contributed by atoms with Crippen molar-refractivity contribution in [2.45, 2.75) is 6.92 Å². The summed E-state index contributed by atoms with van der Waals surface area (Å²) in [7, 11) is 0. The van der Waals surface area contributed by atoms with Crippen LogP contribution >= 0.6 is 0 Å². The standard InChI is InChI=1S/C14H13FN2O2/c1-2-16-14(19)11-6-5-9(8-12(11)15)10-4-3-7-17-13(10)18/h3-8H,2H2,1H3,(H,16,19)(H,17,18). The Labute approximate surface area is 109 Å². The van der Waals surface area contributed by atoms with Crippen molar-refractivity contribution in [1.82, 2.24) is 10.3 Å². The van der Waals surface area contributed by atoms with Crippen LogP contribution in [0.4, 0.5) is 4.39 Å². The van der Waals surface area contributed by atoms with E-state index in [9.17, 15) is 14.0 Å². The van der Waals surface area contributed by atoms with E-state index >= 15 is 0 Å². The van der Waals surface area contributed by atoms with E-state index in [1.165, 1.54) is 18.3 Å². The van der Waals surface area contributed by atoms with Crippen LogP contribution in [0.15, 0.2) is 41.3 Å². The van der Waals surface area contributed by atoms with E-state index in [0.29, 0.717) is 17.7 Å². The van der Waals surface area contributed by atoms with Gasteiger partial charge in [-0.1, -0.05) is 6.07 Å². The fraction of sp³-hybridized carbons (Fsp3) is 0.143. The van der Waals surface area contributed by atoms with Crippen molar-refractivity contribution in [2.75, 3.05) is 6.54 Å². The Hall–Kier alpha value is -2.43. The summed E-state index contributed by atoms with van der Waals surface area (Å²) in [6.07, 6.45) is 1.51. The zero-order valence-corrected chi connectivity index (χ0v) is 10.4. The number of amides is 1. The zero-order chi connectivity index (χ0) is 13.8. The molecule has 0 aliphatic heterocycles. The highest BCUT2D eigenvalue weighted by molar-refractivity contribution is 5.94. The van der Waals surface area contributed by atoms with Gasteiger partial charge in [-0.25, -0.2) is 4.39 Å². The van der Waals surface area contributed by atoms with Crippen molar-refractivity contribution in [1.29, 1.82) is 0 Å². The molecule has 0 unspecified atom stereocenters. The van der Waals surface area contributed by atoms with Gasteiger partial charge in [0.05, 0.1) is 5.56 Å². The third kappa shape index (κ3) is 2.70. The lowest BCUT2D eigenvalue weighted by atomic mass is 10.0. The fourth-order valence-corrected chi connectivity index (χ4v) is 1.77. The molecule has 1 amide bonds. The van der Waals surface area contributed by atoms with Gasteiger partial charge in [0.15, 0.2) is 0 Å². The van der Waals surface area contributed by atoms with Gasteiger partial charge in [0.1, 0.15) is 5.82 Å². The Morgan fingerprint density at radius 3 is 2.79 bits per heavy atom. The molecule has 1 heterocycles. The molecule has 2 rings (SSSR count). The number of carbonyl (C=O) groups is 1. The van der Waals surface area contributed by atoms with Crippen molar-refractivity contribution in [3.05, 3.63) is 58.3 Å². The Bertz CT molecular complexity index is 664. The summed E-state index contributed by atoms with van der Waals surface area (Å²) in [5.41, 5.74) is 0.474. The SMILES string of the molecule is CCNC(=O)c1ccc(-c2ccc[nH]c2=O)cc1F. The highest BCUT2D eigenvalue weighted by Gasteiger charge is 2.12. The van der Waals surface area contributed by atoms with Gasteiger partial charge in [0.25, 0.3) is 11.5 Å². The number of nitrogens with one attached hydrogen (secondary N) is 2. The Balaban J connectivity index is 2.42. The molecule has 2 N–H and O–H groups in total. The second-order valence-corrected chi connectivity index (χ2v) is 3.97. The van der Waals surface area contributed by atoms with Crippen LogP contribution in [0, 0.1) is 5.82 Å². The van der Waals surface area contributed by atoms with Crippen LogP contribution in [0.25, 0.3) is 11.1 Å². The molecule has 2 aromatic rings. The van der Waals surface area contributed by atoms with Gasteiger partial charge >= 0.3 is 0 Å². The average Bonchev–Trinajstić information content (AvgIpc) is 2.39. The Kier molecular flexibility index (Phi) is 3.75. The van der Waals surface area contributed by atoms with Gasteiger partial charge in [0, 0.05) is 18.3 Å². The maximum atomic E-state index is 13.9. The molecule has 1 aromatic heterocycles. The molecule has 0 fully saturated rings. The third-order valence-corrected chi connectivity index (χ3v) is 2.68. The molecule has 5 heteroatoms. The van der Waals surface area contributed by atoms with Crippen LogP contribution in [0.5, 0.6) is 0 Å². The maximum absolute atomic E-state index is 13.9. The molecule has 0 aliphatic carbocycles. The third-order valence-electron chi connectivity index (χ3n) is 2.68. The first-order chi connectivity index (χ1) is 9.13. The van der Waals surface area contributed by atoms with Gasteiger partial charge in [-0.15, -0.1) is 0 Å². The zero-order valence-electron chi connectivity index (χ0n) is 10.4. The number of halogens is 1. The van der Waals surface area contributed by atoms with Crippen LogP contribution in [-0.4, -0.2) is 17.4 Å². The topological polar surface area (TPSA) is 62.0 Å². The largest absolute Gasteiger partial charge is 0.352 e. The molecule has 19 heavy (non-hydrogen) atoms. The number of H-pyrrole nitrogens is 1. The number of benzene rings is 1. The first-order valence-corrected chi connectivity index (χ1v) is 5.89. The number of hydrogen-bond donors (Lipinski definition) is 2. The van der Waals surface area contributed by atoms with Crippen LogP contribution < -0.4 is 10.9 Å². The lowest BCUT2D eigenvalue weighted by Crippen LogP contribution is -2.23. The molecule has 0 spiro atoms. The summed E-state index contributed by atoms with van der Waals surface area (Å²) in [4.78, 5) is 25.7. The Morgan fingerprint density at radius 2 is 2.16 bits per heavy atom. The van der Waals surface area contributed by atoms with Gasteiger partial charge < -0.3 is 10.3 Å². The fourth-order valence-electron chi connectivity index (χ4n) is 1.77. The highest BCUT2D eigenvalue weighted by Crippen LogP contribution is 2.18. The molecular weight excluding hydrogens is 247 g/mol. The molecule has 0 radical (unpaired) electrons. The highest BCUT2D eigenvalue weighted by atomic mass is 19.1. The van der Waals surface area contributed by atoms with Crippen molar-refractivity contribution in [2.24, 2.45) is 0 Å². The minimum absolute atomic E-state index is 0.0297. The second kappa shape index (κ2) is 5.48. The van der Waals surface area contributed by atoms with Gasteiger partial charge in [0.2, 0.25) is 0 Å². The molecule has 1 aromatic carbocycles. The second-order valence-electron chi connectivity index (χ2n) is 3.97. The van der Waals surface area contributed by atoms with Crippen LogP contribution in [0.1, 0.15) is 17.3 Å². The minimum Gasteiger partial charge on any atom is -0.352 e. The first-order valence-electron chi connectivity index (χ1n) is 5.89. The molecule has 4 nitrogen and oxygen atoms in total. The van der Waals surface area contributed by atoms with Crippen molar-refractivity contribution in [3.63, 3.8) is 0 Å². The maximum Gasteiger partial charge on any atom is 0.255 e. The van der Waals surface area contributed by atoms with Crippen molar-refractivity contribution >= 4 is 5.91 Å². The number of rotatable bonds is 3. The number of hydrogen-bond acceptors (Lipinski definition) is 2. The predicted octanol–water partition coefficient (Wildman–Crippen LogP) is 1.93. The summed E-state index contributed by atoms with van der Waals surface area (Å²) < 4.78 is 13.9. The smallest absolute Gasteiger partial charge is 0.255 e. The minimum atomic E-state index is -0.647. The van der Waals surface area contributed by atoms with Crippen LogP contribution in [0.3, 0.4) is 0 Å². The van der Waals surface area contributed by atoms with E-state index in [0.717, 1.165) is 0 Å². The monoisotopic (exact) mass is 260 g/mol. The first kappa shape index (κ1) is 13.0. The number of pyridine rings is 1. The molecule has 98 valence electrons. The Morgan fingerprint density at radius 1 is 1.37 bits per heavy atom. The molecule has 0 bridgehead atoms. The lowest BCUT2D eigenvalue weighted by Gasteiger charge is -2.06. The average molecular weight is 260 g/mol. The van der Waals surface area contributed by atoms with Gasteiger partial charge in [-0.2, -0.15) is 0 Å². The van der Waals surface area contributed by atoms with Gasteiger partial charge in [-0.3, -0.25) is 9.59 Å². The molecular formula is C14H13FN2O2. The summed E-state index contributed by atoms with van der Waals surface area (Å²) >= 11 is 0. The van der Waals surface area contributed by atoms with Crippen molar-refractivity contribution in [3.8, 4) is 11.1 Å². The molecule has 0 saturated heterocycles. The predicted molar refractivity (Wildman–Crippen MR) is 70.5 cm³/mol. The number of aromatic amines is 1. The number of aromatic nitrogens is 1. The van der Waals surface area contributed by atoms with Gasteiger partial charge in [-0.05, 0) is 36.8 Å².